The minimum Gasteiger partial charge on any atom is -0.506 e. The van der Waals surface area contributed by atoms with Gasteiger partial charge in [-0.1, -0.05) is 12.1 Å². The van der Waals surface area contributed by atoms with Crippen LogP contribution in [0.25, 0.3) is 0 Å². The van der Waals surface area contributed by atoms with Crippen molar-refractivity contribution in [1.82, 2.24) is 9.45 Å². The lowest BCUT2D eigenvalue weighted by atomic mass is 10.0. The number of hydrogen-bond donors (Lipinski definition) is 1. The van der Waals surface area contributed by atoms with Crippen molar-refractivity contribution in [2.75, 3.05) is 4.31 Å². The van der Waals surface area contributed by atoms with Gasteiger partial charge in [-0.15, -0.1) is 4.47 Å². The number of aryl methyl sites for hydroxylation is 2. The fraction of sp³-hybridized carbons (Fsp3) is 0.200. The van der Waals surface area contributed by atoms with E-state index >= 15 is 0 Å². The van der Waals surface area contributed by atoms with E-state index in [1.165, 1.54) is 4.31 Å². The molecule has 118 valence electrons. The van der Waals surface area contributed by atoms with Crippen molar-refractivity contribution >= 4 is 22.8 Å². The number of phenols is 1. The number of phenolic OH excluding ortho intramolecular Hbond substituents is 1. The maximum absolute atomic E-state index is 12.0. The molecule has 8 heteroatoms. The summed E-state index contributed by atoms with van der Waals surface area (Å²) in [5, 5.41) is 10.2. The number of amides is 1. The molecule has 2 bridgehead atoms. The average Bonchev–Trinajstić information content (AvgIpc) is 3.03. The van der Waals surface area contributed by atoms with Crippen molar-refractivity contribution in [2.45, 2.75) is 19.1 Å². The molecule has 1 amide bonds. The number of carbonyl (C=O) groups is 1. The van der Waals surface area contributed by atoms with E-state index in [0.717, 1.165) is 28.4 Å². The van der Waals surface area contributed by atoms with E-state index in [1.807, 2.05) is 24.4 Å². The largest absolute Gasteiger partial charge is 0.506 e. The number of fused-ring (bicyclic) bond motifs is 1. The maximum atomic E-state index is 12.0. The summed E-state index contributed by atoms with van der Waals surface area (Å²) < 4.78 is 14.1. The summed E-state index contributed by atoms with van der Waals surface area (Å²) in [6.07, 6.45) is 4.19. The van der Waals surface area contributed by atoms with Crippen molar-refractivity contribution < 1.29 is 18.9 Å². The second-order valence-electron chi connectivity index (χ2n) is 5.29. The smallest absolute Gasteiger partial charge is 0.314 e. The van der Waals surface area contributed by atoms with Crippen LogP contribution in [0.15, 0.2) is 42.7 Å². The second kappa shape index (κ2) is 5.32. The van der Waals surface area contributed by atoms with Gasteiger partial charge in [0.25, 0.3) is 17.4 Å². The van der Waals surface area contributed by atoms with E-state index in [1.54, 1.807) is 18.3 Å². The van der Waals surface area contributed by atoms with Gasteiger partial charge >= 0.3 is 5.91 Å². The molecule has 3 fully saturated rings. The van der Waals surface area contributed by atoms with Gasteiger partial charge in [0.15, 0.2) is 0 Å². The van der Waals surface area contributed by atoms with Crippen molar-refractivity contribution in [3.8, 4) is 5.75 Å². The van der Waals surface area contributed by atoms with Gasteiger partial charge in [-0.25, -0.2) is 13.4 Å². The second-order valence-corrected chi connectivity index (χ2v) is 6.48. The maximum Gasteiger partial charge on any atom is 0.314 e. The molecule has 3 saturated heterocycles. The molecule has 0 saturated carbocycles. The molecule has 23 heavy (non-hydrogen) atoms. The summed E-state index contributed by atoms with van der Waals surface area (Å²) >= 11 is -1.74. The SMILES string of the molecule is O=C1C2ON1S(=O)N2c1ccc(CCc2cccnc2)cc1O. The quantitative estimate of drug-likeness (QED) is 0.906. The van der Waals surface area contributed by atoms with Crippen molar-refractivity contribution in [3.05, 3.63) is 53.9 Å². The van der Waals surface area contributed by atoms with E-state index in [2.05, 4.69) is 4.98 Å². The van der Waals surface area contributed by atoms with E-state index < -0.39 is 17.4 Å². The highest BCUT2D eigenvalue weighted by Gasteiger charge is 2.59. The molecule has 0 aliphatic carbocycles. The Labute approximate surface area is 134 Å². The molecule has 3 aliphatic heterocycles. The monoisotopic (exact) mass is 331 g/mol. The molecule has 1 aromatic heterocycles. The summed E-state index contributed by atoms with van der Waals surface area (Å²) in [6, 6.07) is 9.01. The molecular formula is C15H13N3O4S. The lowest BCUT2D eigenvalue weighted by Crippen LogP contribution is -2.47. The molecule has 3 aliphatic rings. The Morgan fingerprint density at radius 3 is 2.70 bits per heavy atom. The van der Waals surface area contributed by atoms with Crippen LogP contribution in [0, 0.1) is 0 Å². The van der Waals surface area contributed by atoms with Gasteiger partial charge in [-0.05, 0) is 42.2 Å². The van der Waals surface area contributed by atoms with Crippen LogP contribution >= 0.6 is 0 Å². The molecule has 2 unspecified atom stereocenters. The number of anilines is 1. The van der Waals surface area contributed by atoms with Gasteiger partial charge in [0.1, 0.15) is 5.75 Å². The van der Waals surface area contributed by atoms with Gasteiger partial charge in [0.05, 0.1) is 5.69 Å². The zero-order valence-electron chi connectivity index (χ0n) is 12.0. The number of aromatic hydroxyl groups is 1. The summed E-state index contributed by atoms with van der Waals surface area (Å²) in [4.78, 5) is 20.6. The van der Waals surface area contributed by atoms with Gasteiger partial charge < -0.3 is 5.11 Å². The van der Waals surface area contributed by atoms with E-state index in [-0.39, 0.29) is 11.7 Å². The van der Waals surface area contributed by atoms with Gasteiger partial charge in [-0.3, -0.25) is 9.78 Å². The van der Waals surface area contributed by atoms with Crippen LogP contribution in [0.3, 0.4) is 0 Å². The van der Waals surface area contributed by atoms with E-state index in [9.17, 15) is 14.1 Å². The molecule has 4 heterocycles. The van der Waals surface area contributed by atoms with Crippen molar-refractivity contribution in [3.63, 3.8) is 0 Å². The Morgan fingerprint density at radius 2 is 2.09 bits per heavy atom. The standard InChI is InChI=1S/C15H13N3O4S/c19-13-8-10(3-4-11-2-1-7-16-9-11)5-6-12(13)17-15-14(20)18(22-15)23(17)21/h1-2,5-9,15,19H,3-4H2. The summed E-state index contributed by atoms with van der Waals surface area (Å²) in [5.41, 5.74) is 2.39. The first-order valence-electron chi connectivity index (χ1n) is 7.08. The molecule has 1 N–H and O–H groups in total. The molecular weight excluding hydrogens is 318 g/mol. The van der Waals surface area contributed by atoms with Gasteiger partial charge in [0, 0.05) is 12.4 Å². The van der Waals surface area contributed by atoms with Crippen molar-refractivity contribution in [2.24, 2.45) is 0 Å². The molecule has 5 rings (SSSR count). The van der Waals surface area contributed by atoms with Crippen LogP contribution in [-0.4, -0.2) is 30.9 Å². The highest BCUT2D eigenvalue weighted by molar-refractivity contribution is 7.85. The predicted octanol–water partition coefficient (Wildman–Crippen LogP) is 1.07. The van der Waals surface area contributed by atoms with Crippen LogP contribution in [-0.2, 0) is 33.6 Å². The molecule has 2 aromatic rings. The number of rotatable bonds is 4. The Morgan fingerprint density at radius 1 is 1.26 bits per heavy atom. The van der Waals surface area contributed by atoms with Gasteiger partial charge in [0.2, 0.25) is 0 Å². The first-order valence-corrected chi connectivity index (χ1v) is 8.14. The third kappa shape index (κ3) is 2.27. The minimum atomic E-state index is -1.74. The molecule has 0 spiro atoms. The predicted molar refractivity (Wildman–Crippen MR) is 82.1 cm³/mol. The third-order valence-corrected chi connectivity index (χ3v) is 5.09. The number of hydroxylamine groups is 1. The van der Waals surface area contributed by atoms with Crippen LogP contribution in [0.5, 0.6) is 5.75 Å². The Hall–Kier alpha value is -2.45. The van der Waals surface area contributed by atoms with Crippen LogP contribution in [0.4, 0.5) is 5.69 Å². The van der Waals surface area contributed by atoms with Crippen LogP contribution < -0.4 is 4.31 Å². The number of carbonyl (C=O) groups excluding carboxylic acids is 1. The number of aromatic nitrogens is 1. The average molecular weight is 331 g/mol. The fourth-order valence-electron chi connectivity index (χ4n) is 2.60. The number of pyridine rings is 1. The molecule has 2 atom stereocenters. The Bertz CT molecular complexity index is 799. The molecule has 1 aromatic carbocycles. The van der Waals surface area contributed by atoms with Crippen LogP contribution in [0.2, 0.25) is 0 Å². The summed E-state index contributed by atoms with van der Waals surface area (Å²) in [6.45, 7) is 0. The lowest BCUT2D eigenvalue weighted by molar-refractivity contribution is -0.212. The van der Waals surface area contributed by atoms with E-state index in [4.69, 9.17) is 4.84 Å². The molecule has 0 radical (unpaired) electrons. The first kappa shape index (κ1) is 14.2. The van der Waals surface area contributed by atoms with E-state index in [0.29, 0.717) is 5.69 Å². The Kier molecular flexibility index (Phi) is 3.28. The van der Waals surface area contributed by atoms with Crippen LogP contribution in [0.1, 0.15) is 11.1 Å². The number of nitrogens with zero attached hydrogens (tertiary/aromatic N) is 3. The number of benzene rings is 1. The third-order valence-electron chi connectivity index (χ3n) is 3.81. The highest BCUT2D eigenvalue weighted by Crippen LogP contribution is 2.41. The lowest BCUT2D eigenvalue weighted by Gasteiger charge is -2.22. The zero-order chi connectivity index (χ0) is 16.0. The Balaban J connectivity index is 1.51. The number of hydrogen-bond acceptors (Lipinski definition) is 5. The van der Waals surface area contributed by atoms with Crippen molar-refractivity contribution in [1.29, 1.82) is 0 Å². The highest BCUT2D eigenvalue weighted by atomic mass is 32.2. The normalized spacial score (nSPS) is 22.3. The summed E-state index contributed by atoms with van der Waals surface area (Å²) in [7, 11) is 0. The topological polar surface area (TPSA) is 83.0 Å². The first-order chi connectivity index (χ1) is 11.1. The molecule has 7 nitrogen and oxygen atoms in total. The summed E-state index contributed by atoms with van der Waals surface area (Å²) in [5.74, 6) is -0.379. The van der Waals surface area contributed by atoms with Gasteiger partial charge in [-0.2, -0.15) is 0 Å². The fourth-order valence-corrected chi connectivity index (χ4v) is 3.78. The zero-order valence-corrected chi connectivity index (χ0v) is 12.8. The minimum absolute atomic E-state index is 0.0211.